The lowest BCUT2D eigenvalue weighted by Crippen LogP contribution is -3.14. The Labute approximate surface area is 167 Å². The van der Waals surface area contributed by atoms with E-state index >= 15 is 0 Å². The van der Waals surface area contributed by atoms with Gasteiger partial charge in [0, 0.05) is 24.3 Å². The van der Waals surface area contributed by atoms with Crippen molar-refractivity contribution >= 4 is 33.5 Å². The van der Waals surface area contributed by atoms with E-state index in [0.717, 1.165) is 41.9 Å². The highest BCUT2D eigenvalue weighted by atomic mass is 32.1. The number of likely N-dealkylation sites (tertiary alicyclic amines) is 1. The molecule has 1 atom stereocenters. The molecule has 7 heteroatoms. The Balaban J connectivity index is 1.50. The highest BCUT2D eigenvalue weighted by molar-refractivity contribution is 7.18. The quantitative estimate of drug-likeness (QED) is 0.631. The maximum Gasteiger partial charge on any atom is 0.319 e. The van der Waals surface area contributed by atoms with Crippen molar-refractivity contribution in [2.75, 3.05) is 13.1 Å². The largest absolute Gasteiger partial charge is 0.351 e. The number of nitrogens with zero attached hydrogens (tertiary/aromatic N) is 1. The number of quaternary nitrogens is 1. The number of para-hydroxylation sites is 1. The Bertz CT molecular complexity index is 947. The van der Waals surface area contributed by atoms with Gasteiger partial charge in [-0.15, -0.1) is 11.3 Å². The molecule has 2 heterocycles. The Morgan fingerprint density at radius 2 is 1.75 bits per heavy atom. The SMILES string of the molecule is NC(=O)NC(=O)[C@H](c1ccccc1)[NH+]1CCC(c2nc3ccccc3s2)CC1. The summed E-state index contributed by atoms with van der Waals surface area (Å²) in [5.74, 6) is 0.0731. The Kier molecular flexibility index (Phi) is 5.36. The molecular weight excluding hydrogens is 372 g/mol. The molecule has 1 aliphatic rings. The number of imide groups is 1. The molecule has 4 rings (SSSR count). The number of aromatic nitrogens is 1. The van der Waals surface area contributed by atoms with Crippen LogP contribution in [-0.2, 0) is 4.79 Å². The van der Waals surface area contributed by atoms with Gasteiger partial charge in [0.2, 0.25) is 0 Å². The number of rotatable bonds is 4. The maximum atomic E-state index is 12.7. The fourth-order valence-electron chi connectivity index (χ4n) is 4.00. The highest BCUT2D eigenvalue weighted by Gasteiger charge is 2.36. The van der Waals surface area contributed by atoms with E-state index in [1.165, 1.54) is 9.71 Å². The normalized spacial score (nSPS) is 20.6. The van der Waals surface area contributed by atoms with Crippen LogP contribution < -0.4 is 16.0 Å². The van der Waals surface area contributed by atoms with Crippen molar-refractivity contribution in [3.05, 3.63) is 65.2 Å². The second-order valence-electron chi connectivity index (χ2n) is 7.15. The Hall–Kier alpha value is -2.77. The van der Waals surface area contributed by atoms with Crippen LogP contribution >= 0.6 is 11.3 Å². The fourth-order valence-corrected chi connectivity index (χ4v) is 5.14. The van der Waals surface area contributed by atoms with Gasteiger partial charge in [-0.3, -0.25) is 10.1 Å². The molecule has 4 N–H and O–H groups in total. The second-order valence-corrected chi connectivity index (χ2v) is 8.21. The molecule has 0 saturated carbocycles. The number of primary amides is 1. The van der Waals surface area contributed by atoms with Crippen LogP contribution in [0, 0.1) is 0 Å². The van der Waals surface area contributed by atoms with E-state index in [1.54, 1.807) is 11.3 Å². The van der Waals surface area contributed by atoms with E-state index in [9.17, 15) is 9.59 Å². The Morgan fingerprint density at radius 1 is 1.07 bits per heavy atom. The molecule has 0 radical (unpaired) electrons. The molecule has 144 valence electrons. The van der Waals surface area contributed by atoms with Gasteiger partial charge in [0.25, 0.3) is 5.91 Å². The second kappa shape index (κ2) is 8.08. The van der Waals surface area contributed by atoms with Gasteiger partial charge in [-0.1, -0.05) is 42.5 Å². The number of nitrogens with two attached hydrogens (primary N) is 1. The number of piperidine rings is 1. The molecule has 0 spiro atoms. The van der Waals surface area contributed by atoms with Gasteiger partial charge < -0.3 is 10.6 Å². The molecule has 1 aliphatic heterocycles. The lowest BCUT2D eigenvalue weighted by Gasteiger charge is -2.33. The number of nitrogens with one attached hydrogen (secondary N) is 2. The summed E-state index contributed by atoms with van der Waals surface area (Å²) in [6, 6.07) is 16.6. The van der Waals surface area contributed by atoms with E-state index in [2.05, 4.69) is 17.4 Å². The molecule has 0 aliphatic carbocycles. The van der Waals surface area contributed by atoms with Crippen molar-refractivity contribution < 1.29 is 14.5 Å². The summed E-state index contributed by atoms with van der Waals surface area (Å²) in [6.07, 6.45) is 1.92. The molecule has 0 unspecified atom stereocenters. The van der Waals surface area contributed by atoms with Gasteiger partial charge in [-0.25, -0.2) is 9.78 Å². The molecule has 6 nitrogen and oxygen atoms in total. The number of thiazole rings is 1. The highest BCUT2D eigenvalue weighted by Crippen LogP contribution is 2.32. The third kappa shape index (κ3) is 3.90. The first-order valence-electron chi connectivity index (χ1n) is 9.47. The minimum atomic E-state index is -0.810. The van der Waals surface area contributed by atoms with Crippen molar-refractivity contribution in [3.63, 3.8) is 0 Å². The average Bonchev–Trinajstić information content (AvgIpc) is 3.13. The number of hydrogen-bond donors (Lipinski definition) is 3. The molecule has 3 aromatic rings. The van der Waals surface area contributed by atoms with Crippen LogP contribution in [0.1, 0.15) is 35.4 Å². The monoisotopic (exact) mass is 395 g/mol. The molecule has 1 aromatic heterocycles. The van der Waals surface area contributed by atoms with Gasteiger partial charge in [-0.05, 0) is 12.1 Å². The number of carbonyl (C=O) groups excluding carboxylic acids is 2. The van der Waals surface area contributed by atoms with Gasteiger partial charge >= 0.3 is 6.03 Å². The zero-order valence-electron chi connectivity index (χ0n) is 15.4. The van der Waals surface area contributed by atoms with Crippen LogP contribution in [0.4, 0.5) is 4.79 Å². The number of urea groups is 1. The molecule has 28 heavy (non-hydrogen) atoms. The van der Waals surface area contributed by atoms with Crippen LogP contribution in [0.5, 0.6) is 0 Å². The van der Waals surface area contributed by atoms with Gasteiger partial charge in [0.05, 0.1) is 28.3 Å². The van der Waals surface area contributed by atoms with E-state index in [-0.39, 0.29) is 5.91 Å². The first-order chi connectivity index (χ1) is 13.6. The third-order valence-electron chi connectivity index (χ3n) is 5.34. The van der Waals surface area contributed by atoms with Crippen LogP contribution in [-0.4, -0.2) is 30.0 Å². The summed E-state index contributed by atoms with van der Waals surface area (Å²) < 4.78 is 1.22. The minimum Gasteiger partial charge on any atom is -0.351 e. The summed E-state index contributed by atoms with van der Waals surface area (Å²) in [5.41, 5.74) is 7.14. The van der Waals surface area contributed by atoms with Crippen LogP contribution in [0.15, 0.2) is 54.6 Å². The number of amides is 3. The summed E-state index contributed by atoms with van der Waals surface area (Å²) in [7, 11) is 0. The van der Waals surface area contributed by atoms with Gasteiger partial charge in [0.1, 0.15) is 0 Å². The summed E-state index contributed by atoms with van der Waals surface area (Å²) in [4.78, 5) is 29.9. The van der Waals surface area contributed by atoms with Crippen molar-refractivity contribution in [2.45, 2.75) is 24.8 Å². The standard InChI is InChI=1S/C21H22N4O2S/c22-21(27)24-19(26)18(14-6-2-1-3-7-14)25-12-10-15(11-13-25)20-23-16-8-4-5-9-17(16)28-20/h1-9,15,18H,10-13H2,(H3,22,24,26,27)/p+1/t18-/m0/s1. The number of hydrogen-bond acceptors (Lipinski definition) is 4. The van der Waals surface area contributed by atoms with E-state index in [4.69, 9.17) is 10.7 Å². The molecule has 1 saturated heterocycles. The van der Waals surface area contributed by atoms with Crippen molar-refractivity contribution in [1.29, 1.82) is 0 Å². The predicted octanol–water partition coefficient (Wildman–Crippen LogP) is 1.99. The number of benzene rings is 2. The first kappa shape index (κ1) is 18.6. The maximum absolute atomic E-state index is 12.7. The van der Waals surface area contributed by atoms with Crippen LogP contribution in [0.25, 0.3) is 10.2 Å². The van der Waals surface area contributed by atoms with Crippen molar-refractivity contribution in [3.8, 4) is 0 Å². The summed E-state index contributed by atoms with van der Waals surface area (Å²) in [5, 5.41) is 3.45. The Morgan fingerprint density at radius 3 is 2.43 bits per heavy atom. The van der Waals surface area contributed by atoms with Crippen molar-refractivity contribution in [2.24, 2.45) is 5.73 Å². The smallest absolute Gasteiger partial charge is 0.319 e. The van der Waals surface area contributed by atoms with E-state index < -0.39 is 12.1 Å². The zero-order valence-corrected chi connectivity index (χ0v) is 16.2. The number of fused-ring (bicyclic) bond motifs is 1. The zero-order chi connectivity index (χ0) is 19.5. The fraction of sp³-hybridized carbons (Fsp3) is 0.286. The van der Waals surface area contributed by atoms with Crippen LogP contribution in [0.2, 0.25) is 0 Å². The molecular formula is C21H23N4O2S+. The first-order valence-corrected chi connectivity index (χ1v) is 10.3. The molecule has 2 aromatic carbocycles. The third-order valence-corrected chi connectivity index (χ3v) is 6.54. The lowest BCUT2D eigenvalue weighted by atomic mass is 9.94. The van der Waals surface area contributed by atoms with Crippen molar-refractivity contribution in [1.82, 2.24) is 10.3 Å². The number of carbonyl (C=O) groups is 2. The van der Waals surface area contributed by atoms with Gasteiger partial charge in [0.15, 0.2) is 6.04 Å². The van der Waals surface area contributed by atoms with Crippen LogP contribution in [0.3, 0.4) is 0 Å². The molecule has 3 amide bonds. The topological polar surface area (TPSA) is 89.5 Å². The average molecular weight is 396 g/mol. The minimum absolute atomic E-state index is 0.341. The molecule has 1 fully saturated rings. The summed E-state index contributed by atoms with van der Waals surface area (Å²) in [6.45, 7) is 1.68. The molecule has 0 bridgehead atoms. The summed E-state index contributed by atoms with van der Waals surface area (Å²) >= 11 is 1.76. The van der Waals surface area contributed by atoms with E-state index in [1.807, 2.05) is 42.5 Å². The van der Waals surface area contributed by atoms with Gasteiger partial charge in [-0.2, -0.15) is 0 Å². The van der Waals surface area contributed by atoms with E-state index in [0.29, 0.717) is 5.92 Å². The lowest BCUT2D eigenvalue weighted by molar-refractivity contribution is -0.927. The predicted molar refractivity (Wildman–Crippen MR) is 109 cm³/mol.